The first-order valence-corrected chi connectivity index (χ1v) is 6.23. The van der Waals surface area contributed by atoms with Crippen molar-refractivity contribution in [3.05, 3.63) is 35.7 Å². The Kier molecular flexibility index (Phi) is 3.85. The van der Waals surface area contributed by atoms with E-state index in [1.165, 1.54) is 6.07 Å². The molecule has 0 radical (unpaired) electrons. The van der Waals surface area contributed by atoms with E-state index in [2.05, 4.69) is 10.2 Å². The summed E-state index contributed by atoms with van der Waals surface area (Å²) >= 11 is 0. The van der Waals surface area contributed by atoms with Gasteiger partial charge in [-0.2, -0.15) is 0 Å². The Morgan fingerprint density at radius 1 is 1.40 bits per heavy atom. The number of carbonyl (C=O) groups is 1. The van der Waals surface area contributed by atoms with Gasteiger partial charge in [0, 0.05) is 7.11 Å². The summed E-state index contributed by atoms with van der Waals surface area (Å²) in [6, 6.07) is 6.50. The Hall–Kier alpha value is -2.21. The minimum atomic E-state index is -1.04. The van der Waals surface area contributed by atoms with E-state index in [9.17, 15) is 9.90 Å². The van der Waals surface area contributed by atoms with Crippen LogP contribution < -0.4 is 0 Å². The molecule has 1 N–H and O–H groups in total. The highest BCUT2D eigenvalue weighted by Crippen LogP contribution is 2.30. The van der Waals surface area contributed by atoms with Gasteiger partial charge in [-0.05, 0) is 25.5 Å². The fourth-order valence-corrected chi connectivity index (χ4v) is 1.78. The maximum absolute atomic E-state index is 11.2. The zero-order valence-corrected chi connectivity index (χ0v) is 11.6. The van der Waals surface area contributed by atoms with Crippen molar-refractivity contribution in [3.63, 3.8) is 0 Å². The van der Waals surface area contributed by atoms with Gasteiger partial charge in [0.05, 0.1) is 11.1 Å². The molecule has 1 atom stereocenters. The molecule has 106 valence electrons. The quantitative estimate of drug-likeness (QED) is 0.903. The van der Waals surface area contributed by atoms with Gasteiger partial charge in [-0.15, -0.1) is 10.2 Å². The van der Waals surface area contributed by atoms with Crippen molar-refractivity contribution in [2.45, 2.75) is 25.9 Å². The van der Waals surface area contributed by atoms with Gasteiger partial charge in [-0.25, -0.2) is 4.79 Å². The number of methoxy groups -OCH3 is 1. The molecular formula is C14H16N2O4. The van der Waals surface area contributed by atoms with E-state index in [1.807, 2.05) is 13.8 Å². The first kappa shape index (κ1) is 14.2. The fraction of sp³-hybridized carbons (Fsp3) is 0.357. The van der Waals surface area contributed by atoms with Crippen molar-refractivity contribution in [2.24, 2.45) is 0 Å². The van der Waals surface area contributed by atoms with Gasteiger partial charge in [-0.3, -0.25) is 0 Å². The lowest BCUT2D eigenvalue weighted by Crippen LogP contribution is -2.23. The number of nitrogens with zero attached hydrogens (tertiary/aromatic N) is 2. The number of carboxylic acids is 1. The predicted molar refractivity (Wildman–Crippen MR) is 71.3 cm³/mol. The summed E-state index contributed by atoms with van der Waals surface area (Å²) in [5.41, 5.74) is -0.157. The molecule has 0 spiro atoms. The molecule has 0 aliphatic carbocycles. The minimum Gasteiger partial charge on any atom is -0.478 e. The standard InChI is InChI=1S/C14H16N2O4/c1-4-14(2,19-3)13-16-15-11(20-13)9-7-5-6-8-10(9)12(17)18/h5-8H,4H2,1-3H3,(H,17,18). The number of hydrogen-bond donors (Lipinski definition) is 1. The van der Waals surface area contributed by atoms with Crippen molar-refractivity contribution >= 4 is 5.97 Å². The van der Waals surface area contributed by atoms with Crippen LogP contribution in [-0.2, 0) is 10.3 Å². The summed E-state index contributed by atoms with van der Waals surface area (Å²) < 4.78 is 11.0. The molecule has 2 rings (SSSR count). The van der Waals surface area contributed by atoms with Crippen molar-refractivity contribution in [1.82, 2.24) is 10.2 Å². The average molecular weight is 276 g/mol. The molecule has 20 heavy (non-hydrogen) atoms. The Bertz CT molecular complexity index is 617. The lowest BCUT2D eigenvalue weighted by atomic mass is 10.0. The number of ether oxygens (including phenoxy) is 1. The third-order valence-corrected chi connectivity index (χ3v) is 3.39. The van der Waals surface area contributed by atoms with E-state index < -0.39 is 11.6 Å². The predicted octanol–water partition coefficient (Wildman–Crippen LogP) is 2.71. The maximum Gasteiger partial charge on any atom is 0.336 e. The van der Waals surface area contributed by atoms with Crippen LogP contribution in [0.15, 0.2) is 28.7 Å². The molecule has 6 heteroatoms. The molecule has 0 aliphatic rings. The smallest absolute Gasteiger partial charge is 0.336 e. The number of aromatic carboxylic acids is 1. The molecule has 1 unspecified atom stereocenters. The molecule has 0 fully saturated rings. The first-order chi connectivity index (χ1) is 9.51. The largest absolute Gasteiger partial charge is 0.478 e. The third kappa shape index (κ3) is 2.42. The molecule has 1 heterocycles. The highest BCUT2D eigenvalue weighted by molar-refractivity contribution is 5.94. The molecule has 0 aliphatic heterocycles. The molecule has 1 aromatic heterocycles. The van der Waals surface area contributed by atoms with Crippen molar-refractivity contribution in [1.29, 1.82) is 0 Å². The second kappa shape index (κ2) is 5.42. The Labute approximate surface area is 116 Å². The SMILES string of the molecule is CCC(C)(OC)c1nnc(-c2ccccc2C(=O)O)o1. The summed E-state index contributed by atoms with van der Waals surface area (Å²) in [4.78, 5) is 11.2. The molecule has 1 aromatic carbocycles. The molecule has 0 bridgehead atoms. The van der Waals surface area contributed by atoms with E-state index >= 15 is 0 Å². The normalized spacial score (nSPS) is 13.9. The van der Waals surface area contributed by atoms with Crippen LogP contribution in [0.1, 0.15) is 36.5 Å². The van der Waals surface area contributed by atoms with Crippen LogP contribution in [0.4, 0.5) is 0 Å². The van der Waals surface area contributed by atoms with Gasteiger partial charge in [0.25, 0.3) is 0 Å². The van der Waals surface area contributed by atoms with E-state index in [4.69, 9.17) is 9.15 Å². The van der Waals surface area contributed by atoms with E-state index in [0.29, 0.717) is 17.9 Å². The lowest BCUT2D eigenvalue weighted by Gasteiger charge is -2.21. The van der Waals surface area contributed by atoms with Gasteiger partial charge in [0.15, 0.2) is 0 Å². The Morgan fingerprint density at radius 2 is 2.10 bits per heavy atom. The van der Waals surface area contributed by atoms with Crippen LogP contribution in [0.5, 0.6) is 0 Å². The molecule has 0 saturated carbocycles. The first-order valence-electron chi connectivity index (χ1n) is 6.23. The van der Waals surface area contributed by atoms with Crippen molar-refractivity contribution in [2.75, 3.05) is 7.11 Å². The zero-order chi connectivity index (χ0) is 14.8. The van der Waals surface area contributed by atoms with Gasteiger partial charge in [-0.1, -0.05) is 19.1 Å². The highest BCUT2D eigenvalue weighted by Gasteiger charge is 2.31. The lowest BCUT2D eigenvalue weighted by molar-refractivity contribution is -0.0231. The van der Waals surface area contributed by atoms with Crippen LogP contribution in [0.3, 0.4) is 0 Å². The van der Waals surface area contributed by atoms with Gasteiger partial charge in [0.1, 0.15) is 5.60 Å². The number of aromatic nitrogens is 2. The molecular weight excluding hydrogens is 260 g/mol. The summed E-state index contributed by atoms with van der Waals surface area (Å²) in [5.74, 6) is -0.530. The second-order valence-corrected chi connectivity index (χ2v) is 4.55. The van der Waals surface area contributed by atoms with Crippen molar-refractivity contribution in [3.8, 4) is 11.5 Å². The fourth-order valence-electron chi connectivity index (χ4n) is 1.78. The van der Waals surface area contributed by atoms with E-state index in [1.54, 1.807) is 25.3 Å². The summed E-state index contributed by atoms with van der Waals surface area (Å²) in [7, 11) is 1.57. The molecule has 0 saturated heterocycles. The maximum atomic E-state index is 11.2. The van der Waals surface area contributed by atoms with Crippen molar-refractivity contribution < 1.29 is 19.1 Å². The second-order valence-electron chi connectivity index (χ2n) is 4.55. The summed E-state index contributed by atoms with van der Waals surface area (Å²) in [6.45, 7) is 3.78. The summed E-state index contributed by atoms with van der Waals surface area (Å²) in [6.07, 6.45) is 0.658. The van der Waals surface area contributed by atoms with Crippen LogP contribution >= 0.6 is 0 Å². The number of carboxylic acid groups (broad SMARTS) is 1. The van der Waals surface area contributed by atoms with Crippen LogP contribution in [0.2, 0.25) is 0 Å². The van der Waals surface area contributed by atoms with E-state index in [-0.39, 0.29) is 11.5 Å². The highest BCUT2D eigenvalue weighted by atomic mass is 16.5. The molecule has 2 aromatic rings. The van der Waals surface area contributed by atoms with Gasteiger partial charge >= 0.3 is 5.97 Å². The van der Waals surface area contributed by atoms with Crippen LogP contribution in [0, 0.1) is 0 Å². The van der Waals surface area contributed by atoms with Gasteiger partial charge < -0.3 is 14.3 Å². The topological polar surface area (TPSA) is 85.5 Å². The molecule has 0 amide bonds. The van der Waals surface area contributed by atoms with Crippen LogP contribution in [0.25, 0.3) is 11.5 Å². The third-order valence-electron chi connectivity index (χ3n) is 3.39. The van der Waals surface area contributed by atoms with Gasteiger partial charge in [0.2, 0.25) is 11.8 Å². The average Bonchev–Trinajstić information content (AvgIpc) is 2.96. The summed E-state index contributed by atoms with van der Waals surface area (Å²) in [5, 5.41) is 17.1. The number of benzene rings is 1. The minimum absolute atomic E-state index is 0.123. The number of hydrogen-bond acceptors (Lipinski definition) is 5. The molecule has 6 nitrogen and oxygen atoms in total. The monoisotopic (exact) mass is 276 g/mol. The zero-order valence-electron chi connectivity index (χ0n) is 11.6. The number of rotatable bonds is 5. The van der Waals surface area contributed by atoms with Crippen LogP contribution in [-0.4, -0.2) is 28.4 Å². The van der Waals surface area contributed by atoms with E-state index in [0.717, 1.165) is 0 Å². The Balaban J connectivity index is 2.47. The Morgan fingerprint density at radius 3 is 2.70 bits per heavy atom.